The number of halogens is 3. The zero-order valence-electron chi connectivity index (χ0n) is 11.0. The van der Waals surface area contributed by atoms with Gasteiger partial charge in [0.1, 0.15) is 11.6 Å². The molecule has 1 aromatic heterocycles. The number of nitrogens with zero attached hydrogens (tertiary/aromatic N) is 1. The lowest BCUT2D eigenvalue weighted by Gasteiger charge is -2.17. The molecule has 7 heteroatoms. The van der Waals surface area contributed by atoms with Gasteiger partial charge < -0.3 is 0 Å². The number of hydrogen-bond donors (Lipinski definition) is 2. The molecule has 2 aromatic rings. The molecule has 3 N–H and O–H groups in total. The van der Waals surface area contributed by atoms with Gasteiger partial charge in [-0.25, -0.2) is 13.8 Å². The maximum atomic E-state index is 14.0. The van der Waals surface area contributed by atoms with Crippen LogP contribution >= 0.6 is 27.3 Å². The molecule has 108 valence electrons. The van der Waals surface area contributed by atoms with Crippen molar-refractivity contribution in [1.82, 2.24) is 10.4 Å². The molecular formula is C13H14BrF2N3S. The van der Waals surface area contributed by atoms with Gasteiger partial charge in [0.2, 0.25) is 0 Å². The summed E-state index contributed by atoms with van der Waals surface area (Å²) in [6.07, 6.45) is 0.339. The molecule has 2 rings (SSSR count). The molecule has 0 spiro atoms. The van der Waals surface area contributed by atoms with Crippen LogP contribution in [0.25, 0.3) is 0 Å². The van der Waals surface area contributed by atoms with E-state index in [2.05, 4.69) is 26.3 Å². The summed E-state index contributed by atoms with van der Waals surface area (Å²) in [5.74, 6) is 4.19. The van der Waals surface area contributed by atoms with Crippen LogP contribution in [0.1, 0.15) is 27.2 Å². The monoisotopic (exact) mass is 361 g/mol. The number of thiazole rings is 1. The Kier molecular flexibility index (Phi) is 4.85. The summed E-state index contributed by atoms with van der Waals surface area (Å²) in [5, 5.41) is 0.796. The predicted molar refractivity (Wildman–Crippen MR) is 79.4 cm³/mol. The molecule has 0 fully saturated rings. The molecule has 0 aliphatic rings. The molecule has 0 saturated heterocycles. The molecule has 1 unspecified atom stereocenters. The third kappa shape index (κ3) is 3.22. The number of nitrogens with one attached hydrogen (secondary N) is 1. The van der Waals surface area contributed by atoms with Gasteiger partial charge in [-0.1, -0.05) is 15.9 Å². The highest BCUT2D eigenvalue weighted by Crippen LogP contribution is 2.28. The molecule has 1 atom stereocenters. The highest BCUT2D eigenvalue weighted by atomic mass is 79.9. The molecule has 0 radical (unpaired) electrons. The van der Waals surface area contributed by atoms with Crippen molar-refractivity contribution in [3.05, 3.63) is 49.4 Å². The Morgan fingerprint density at radius 1 is 1.35 bits per heavy atom. The van der Waals surface area contributed by atoms with Gasteiger partial charge in [-0.2, -0.15) is 0 Å². The van der Waals surface area contributed by atoms with Gasteiger partial charge in [0.05, 0.1) is 16.7 Å². The van der Waals surface area contributed by atoms with Crippen molar-refractivity contribution in [2.75, 3.05) is 0 Å². The summed E-state index contributed by atoms with van der Waals surface area (Å²) in [7, 11) is 0. The second kappa shape index (κ2) is 6.26. The maximum Gasteiger partial charge on any atom is 0.132 e. The third-order valence-corrected chi connectivity index (χ3v) is 4.60. The SMILES string of the molecule is Cc1nc(CC(NN)c2c(F)cc(Br)cc2F)sc1C. The largest absolute Gasteiger partial charge is 0.271 e. The van der Waals surface area contributed by atoms with Crippen LogP contribution in [-0.2, 0) is 6.42 Å². The van der Waals surface area contributed by atoms with Crippen molar-refractivity contribution in [3.8, 4) is 0 Å². The summed E-state index contributed by atoms with van der Waals surface area (Å²) >= 11 is 4.56. The topological polar surface area (TPSA) is 50.9 Å². The van der Waals surface area contributed by atoms with E-state index in [0.717, 1.165) is 15.6 Å². The molecule has 3 nitrogen and oxygen atoms in total. The van der Waals surface area contributed by atoms with E-state index in [1.165, 1.54) is 23.5 Å². The third-order valence-electron chi connectivity index (χ3n) is 3.05. The fourth-order valence-electron chi connectivity index (χ4n) is 1.93. The van der Waals surface area contributed by atoms with Crippen LogP contribution in [0.15, 0.2) is 16.6 Å². The summed E-state index contributed by atoms with van der Waals surface area (Å²) in [5.41, 5.74) is 3.33. The van der Waals surface area contributed by atoms with E-state index >= 15 is 0 Å². The quantitative estimate of drug-likeness (QED) is 0.646. The fourth-order valence-corrected chi connectivity index (χ4v) is 3.31. The lowest BCUT2D eigenvalue weighted by Crippen LogP contribution is -2.31. The molecule has 1 aromatic carbocycles. The van der Waals surface area contributed by atoms with Crippen LogP contribution in [0.3, 0.4) is 0 Å². The normalized spacial score (nSPS) is 12.7. The van der Waals surface area contributed by atoms with Gasteiger partial charge in [-0.3, -0.25) is 11.3 Å². The predicted octanol–water partition coefficient (Wildman–Crippen LogP) is 3.55. The van der Waals surface area contributed by atoms with Gasteiger partial charge in [0.25, 0.3) is 0 Å². The molecule has 0 bridgehead atoms. The van der Waals surface area contributed by atoms with Crippen LogP contribution in [0.5, 0.6) is 0 Å². The molecule has 20 heavy (non-hydrogen) atoms. The van der Waals surface area contributed by atoms with E-state index < -0.39 is 17.7 Å². The number of aromatic nitrogens is 1. The van der Waals surface area contributed by atoms with Gasteiger partial charge >= 0.3 is 0 Å². The maximum absolute atomic E-state index is 14.0. The summed E-state index contributed by atoms with van der Waals surface area (Å²) < 4.78 is 28.3. The Bertz CT molecular complexity index is 588. The zero-order chi connectivity index (χ0) is 14.9. The minimum atomic E-state index is -0.659. The van der Waals surface area contributed by atoms with Crippen LogP contribution in [0.4, 0.5) is 8.78 Å². The molecule has 0 aliphatic carbocycles. The van der Waals surface area contributed by atoms with Gasteiger partial charge in [0, 0.05) is 21.3 Å². The molecule has 0 aliphatic heterocycles. The van der Waals surface area contributed by atoms with E-state index in [0.29, 0.717) is 10.9 Å². The first-order chi connectivity index (χ1) is 9.42. The number of aryl methyl sites for hydroxylation is 2. The standard InChI is InChI=1S/C13H14BrF2N3S/c1-6-7(2)20-12(18-6)5-11(19-17)13-9(15)3-8(14)4-10(13)16/h3-4,11,19H,5,17H2,1-2H3. The summed E-state index contributed by atoms with van der Waals surface area (Å²) in [6.45, 7) is 3.86. The van der Waals surface area contributed by atoms with Crippen molar-refractivity contribution in [2.45, 2.75) is 26.3 Å². The Balaban J connectivity index is 2.33. The average Bonchev–Trinajstić information content (AvgIpc) is 2.65. The van der Waals surface area contributed by atoms with Crippen molar-refractivity contribution >= 4 is 27.3 Å². The number of nitrogens with two attached hydrogens (primary N) is 1. The van der Waals surface area contributed by atoms with Crippen LogP contribution < -0.4 is 11.3 Å². The second-order valence-corrected chi connectivity index (χ2v) is 6.66. The number of hydrogen-bond acceptors (Lipinski definition) is 4. The van der Waals surface area contributed by atoms with Crippen LogP contribution in [0.2, 0.25) is 0 Å². The lowest BCUT2D eigenvalue weighted by molar-refractivity contribution is 0.471. The summed E-state index contributed by atoms with van der Waals surface area (Å²) in [6, 6.07) is 1.79. The Hall–Kier alpha value is -0.890. The van der Waals surface area contributed by atoms with Gasteiger partial charge in [-0.15, -0.1) is 11.3 Å². The smallest absolute Gasteiger partial charge is 0.132 e. The average molecular weight is 362 g/mol. The Labute approximate surface area is 128 Å². The second-order valence-electron chi connectivity index (χ2n) is 4.46. The minimum Gasteiger partial charge on any atom is -0.271 e. The van der Waals surface area contributed by atoms with Crippen molar-refractivity contribution in [1.29, 1.82) is 0 Å². The minimum absolute atomic E-state index is 0.0683. The van der Waals surface area contributed by atoms with E-state index in [1.807, 2.05) is 13.8 Å². The van der Waals surface area contributed by atoms with Crippen LogP contribution in [0, 0.1) is 25.5 Å². The Morgan fingerprint density at radius 2 is 1.95 bits per heavy atom. The Morgan fingerprint density at radius 3 is 2.40 bits per heavy atom. The lowest BCUT2D eigenvalue weighted by atomic mass is 10.0. The van der Waals surface area contributed by atoms with E-state index in [1.54, 1.807) is 0 Å². The first-order valence-electron chi connectivity index (χ1n) is 5.95. The van der Waals surface area contributed by atoms with E-state index in [9.17, 15) is 8.78 Å². The van der Waals surface area contributed by atoms with Gasteiger partial charge in [0.15, 0.2) is 0 Å². The number of hydrazine groups is 1. The van der Waals surface area contributed by atoms with E-state index in [4.69, 9.17) is 5.84 Å². The zero-order valence-corrected chi connectivity index (χ0v) is 13.4. The van der Waals surface area contributed by atoms with Crippen molar-refractivity contribution < 1.29 is 8.78 Å². The molecule has 0 amide bonds. The van der Waals surface area contributed by atoms with E-state index in [-0.39, 0.29) is 5.56 Å². The summed E-state index contributed by atoms with van der Waals surface area (Å²) in [4.78, 5) is 5.46. The van der Waals surface area contributed by atoms with Crippen molar-refractivity contribution in [3.63, 3.8) is 0 Å². The number of benzene rings is 1. The van der Waals surface area contributed by atoms with Crippen LogP contribution in [-0.4, -0.2) is 4.98 Å². The van der Waals surface area contributed by atoms with Crippen molar-refractivity contribution in [2.24, 2.45) is 5.84 Å². The highest BCUT2D eigenvalue weighted by molar-refractivity contribution is 9.10. The van der Waals surface area contributed by atoms with Gasteiger partial charge in [-0.05, 0) is 26.0 Å². The first-order valence-corrected chi connectivity index (χ1v) is 7.56. The molecular weight excluding hydrogens is 348 g/mol. The first kappa shape index (κ1) is 15.5. The molecule has 0 saturated carbocycles. The highest BCUT2D eigenvalue weighted by Gasteiger charge is 2.22. The fraction of sp³-hybridized carbons (Fsp3) is 0.308. The number of rotatable bonds is 4. The molecule has 1 heterocycles.